The Balaban J connectivity index is 4.40. The predicted molar refractivity (Wildman–Crippen MR) is 88.1 cm³/mol. The van der Waals surface area contributed by atoms with Crippen molar-refractivity contribution in [2.45, 2.75) is 77.6 Å². The van der Waals surface area contributed by atoms with Gasteiger partial charge in [-0.25, -0.2) is 0 Å². The van der Waals surface area contributed by atoms with Gasteiger partial charge in [0.05, 0.1) is 13.2 Å². The molecule has 3 atom stereocenters. The van der Waals surface area contributed by atoms with Gasteiger partial charge in [-0.1, -0.05) is 40.0 Å². The topological polar surface area (TPSA) is 68.2 Å². The fourth-order valence-electron chi connectivity index (χ4n) is 2.01. The average Bonchev–Trinajstić information content (AvgIpc) is 2.53. The minimum atomic E-state index is -0.785. The van der Waals surface area contributed by atoms with E-state index in [2.05, 4.69) is 20.8 Å². The molecule has 0 fully saturated rings. The standard InChI is InChI=1S/C17H36O5/c1-4-7-10-20-14-15(19)17(22-12-9-6-3)16(13-18)21-11-8-5-2/h15-19H,4-14H2,1-3H3/t15-,16+,17+/m1/s1. The molecule has 0 aliphatic rings. The first-order valence-corrected chi connectivity index (χ1v) is 8.81. The van der Waals surface area contributed by atoms with Gasteiger partial charge in [0.1, 0.15) is 18.3 Å². The molecular weight excluding hydrogens is 284 g/mol. The zero-order valence-corrected chi connectivity index (χ0v) is 14.6. The summed E-state index contributed by atoms with van der Waals surface area (Å²) in [4.78, 5) is 0. The second-order valence-electron chi connectivity index (χ2n) is 5.63. The summed E-state index contributed by atoms with van der Waals surface area (Å²) in [6.45, 7) is 8.08. The van der Waals surface area contributed by atoms with Crippen LogP contribution in [0.1, 0.15) is 59.3 Å². The van der Waals surface area contributed by atoms with Gasteiger partial charge in [0.15, 0.2) is 0 Å². The van der Waals surface area contributed by atoms with E-state index in [1.54, 1.807) is 0 Å². The molecule has 2 N–H and O–H groups in total. The third-order valence-corrected chi connectivity index (χ3v) is 3.49. The Kier molecular flexibility index (Phi) is 15.5. The van der Waals surface area contributed by atoms with E-state index < -0.39 is 18.3 Å². The second-order valence-corrected chi connectivity index (χ2v) is 5.63. The molecule has 0 bridgehead atoms. The van der Waals surface area contributed by atoms with Crippen LogP contribution in [0, 0.1) is 0 Å². The van der Waals surface area contributed by atoms with Gasteiger partial charge in [-0.15, -0.1) is 0 Å². The Morgan fingerprint density at radius 1 is 0.818 bits per heavy atom. The van der Waals surface area contributed by atoms with Gasteiger partial charge in [-0.2, -0.15) is 0 Å². The van der Waals surface area contributed by atoms with Crippen LogP contribution in [0.3, 0.4) is 0 Å². The van der Waals surface area contributed by atoms with Crippen LogP contribution in [0.25, 0.3) is 0 Å². The number of unbranched alkanes of at least 4 members (excludes halogenated alkanes) is 3. The summed E-state index contributed by atoms with van der Waals surface area (Å²) in [7, 11) is 0. The van der Waals surface area contributed by atoms with E-state index in [9.17, 15) is 10.2 Å². The molecule has 0 spiro atoms. The monoisotopic (exact) mass is 320 g/mol. The first kappa shape index (κ1) is 21.8. The van der Waals surface area contributed by atoms with Gasteiger partial charge < -0.3 is 24.4 Å². The van der Waals surface area contributed by atoms with Crippen LogP contribution in [0.2, 0.25) is 0 Å². The van der Waals surface area contributed by atoms with Crippen LogP contribution < -0.4 is 0 Å². The zero-order valence-electron chi connectivity index (χ0n) is 14.6. The van der Waals surface area contributed by atoms with Crippen molar-refractivity contribution in [3.8, 4) is 0 Å². The van der Waals surface area contributed by atoms with E-state index in [0.29, 0.717) is 19.8 Å². The maximum Gasteiger partial charge on any atom is 0.114 e. The minimum absolute atomic E-state index is 0.160. The van der Waals surface area contributed by atoms with Gasteiger partial charge in [-0.3, -0.25) is 0 Å². The summed E-state index contributed by atoms with van der Waals surface area (Å²) in [5, 5.41) is 19.9. The molecule has 0 aromatic carbocycles. The second kappa shape index (κ2) is 15.7. The van der Waals surface area contributed by atoms with E-state index in [1.165, 1.54) is 0 Å². The van der Waals surface area contributed by atoms with Crippen LogP contribution >= 0.6 is 0 Å². The zero-order chi connectivity index (χ0) is 16.6. The molecule has 22 heavy (non-hydrogen) atoms. The van der Waals surface area contributed by atoms with Gasteiger partial charge in [0.2, 0.25) is 0 Å². The number of aliphatic hydroxyl groups excluding tert-OH is 2. The molecule has 0 heterocycles. The fourth-order valence-corrected chi connectivity index (χ4v) is 2.01. The summed E-state index contributed by atoms with van der Waals surface area (Å²) in [6.07, 6.45) is 4.11. The maximum atomic E-state index is 10.3. The van der Waals surface area contributed by atoms with Gasteiger partial charge in [0, 0.05) is 19.8 Å². The van der Waals surface area contributed by atoms with Crippen LogP contribution in [-0.2, 0) is 14.2 Å². The van der Waals surface area contributed by atoms with Crippen molar-refractivity contribution in [2.24, 2.45) is 0 Å². The molecular formula is C17H36O5. The Morgan fingerprint density at radius 2 is 1.36 bits per heavy atom. The third kappa shape index (κ3) is 10.5. The molecule has 0 amide bonds. The summed E-state index contributed by atoms with van der Waals surface area (Å²) >= 11 is 0. The minimum Gasteiger partial charge on any atom is -0.394 e. The van der Waals surface area contributed by atoms with Crippen LogP contribution in [0.5, 0.6) is 0 Å². The lowest BCUT2D eigenvalue weighted by atomic mass is 10.1. The molecule has 0 saturated heterocycles. The SMILES string of the molecule is CCCCOC[C@@H](O)[C@H](OCCCC)[C@H](CO)OCCCC. The maximum absolute atomic E-state index is 10.3. The first-order chi connectivity index (χ1) is 10.7. The van der Waals surface area contributed by atoms with E-state index in [0.717, 1.165) is 38.5 Å². The molecule has 134 valence electrons. The first-order valence-electron chi connectivity index (χ1n) is 8.81. The summed E-state index contributed by atoms with van der Waals surface area (Å²) < 4.78 is 16.9. The van der Waals surface area contributed by atoms with Gasteiger partial charge in [0.25, 0.3) is 0 Å². The molecule has 5 nitrogen and oxygen atoms in total. The van der Waals surface area contributed by atoms with Crippen LogP contribution in [-0.4, -0.2) is 61.6 Å². The van der Waals surface area contributed by atoms with Crippen molar-refractivity contribution >= 4 is 0 Å². The van der Waals surface area contributed by atoms with E-state index in [1.807, 2.05) is 0 Å². The molecule has 0 aliphatic heterocycles. The van der Waals surface area contributed by atoms with Crippen molar-refractivity contribution in [2.75, 3.05) is 33.0 Å². The Hall–Kier alpha value is -0.200. The highest BCUT2D eigenvalue weighted by Gasteiger charge is 2.29. The van der Waals surface area contributed by atoms with Gasteiger partial charge >= 0.3 is 0 Å². The van der Waals surface area contributed by atoms with Crippen molar-refractivity contribution < 1.29 is 24.4 Å². The normalized spacial score (nSPS) is 15.7. The Morgan fingerprint density at radius 3 is 1.91 bits per heavy atom. The molecule has 0 aromatic heterocycles. The molecule has 0 rings (SSSR count). The van der Waals surface area contributed by atoms with E-state index in [-0.39, 0.29) is 13.2 Å². The highest BCUT2D eigenvalue weighted by Crippen LogP contribution is 2.12. The third-order valence-electron chi connectivity index (χ3n) is 3.49. The van der Waals surface area contributed by atoms with Crippen molar-refractivity contribution in [1.82, 2.24) is 0 Å². The molecule has 0 saturated carbocycles. The van der Waals surface area contributed by atoms with Crippen LogP contribution in [0.4, 0.5) is 0 Å². The number of aliphatic hydroxyl groups is 2. The Labute approximate surface area is 136 Å². The smallest absolute Gasteiger partial charge is 0.114 e. The highest BCUT2D eigenvalue weighted by molar-refractivity contribution is 4.78. The van der Waals surface area contributed by atoms with Crippen molar-refractivity contribution in [3.05, 3.63) is 0 Å². The van der Waals surface area contributed by atoms with Gasteiger partial charge in [-0.05, 0) is 19.3 Å². The molecule has 0 aliphatic carbocycles. The van der Waals surface area contributed by atoms with E-state index >= 15 is 0 Å². The molecule has 5 heteroatoms. The fraction of sp³-hybridized carbons (Fsp3) is 1.00. The quantitative estimate of drug-likeness (QED) is 0.428. The summed E-state index contributed by atoms with van der Waals surface area (Å²) in [6, 6.07) is 0. The van der Waals surface area contributed by atoms with E-state index in [4.69, 9.17) is 14.2 Å². The largest absolute Gasteiger partial charge is 0.394 e. The molecule has 0 aromatic rings. The lowest BCUT2D eigenvalue weighted by Crippen LogP contribution is -2.45. The lowest BCUT2D eigenvalue weighted by molar-refractivity contribution is -0.149. The average molecular weight is 320 g/mol. The van der Waals surface area contributed by atoms with Crippen molar-refractivity contribution in [3.63, 3.8) is 0 Å². The molecule has 0 unspecified atom stereocenters. The number of ether oxygens (including phenoxy) is 3. The highest BCUT2D eigenvalue weighted by atomic mass is 16.6. The van der Waals surface area contributed by atoms with Crippen molar-refractivity contribution in [1.29, 1.82) is 0 Å². The summed E-state index contributed by atoms with van der Waals surface area (Å²) in [5.74, 6) is 0. The number of hydrogen-bond donors (Lipinski definition) is 2. The molecule has 0 radical (unpaired) electrons. The Bertz CT molecular complexity index is 225. The number of rotatable bonds is 16. The summed E-state index contributed by atoms with van der Waals surface area (Å²) in [5.41, 5.74) is 0. The van der Waals surface area contributed by atoms with Crippen LogP contribution in [0.15, 0.2) is 0 Å². The predicted octanol–water partition coefficient (Wildman–Crippen LogP) is 2.53. The number of hydrogen-bond acceptors (Lipinski definition) is 5. The lowest BCUT2D eigenvalue weighted by Gasteiger charge is -2.30.